The van der Waals surface area contributed by atoms with E-state index < -0.39 is 5.97 Å². The van der Waals surface area contributed by atoms with Crippen LogP contribution in [0.4, 0.5) is 0 Å². The van der Waals surface area contributed by atoms with Gasteiger partial charge in [-0.2, -0.15) is 0 Å². The van der Waals surface area contributed by atoms with Crippen molar-refractivity contribution in [1.29, 1.82) is 0 Å². The number of nitrogens with zero attached hydrogens (tertiary/aromatic N) is 1. The highest BCUT2D eigenvalue weighted by atomic mass is 32.1. The van der Waals surface area contributed by atoms with Gasteiger partial charge in [0.25, 0.3) is 5.91 Å². The van der Waals surface area contributed by atoms with Gasteiger partial charge in [-0.15, -0.1) is 11.3 Å². The highest BCUT2D eigenvalue weighted by Gasteiger charge is 2.26. The quantitative estimate of drug-likeness (QED) is 0.911. The molecule has 7 heteroatoms. The first-order valence-corrected chi connectivity index (χ1v) is 7.21. The van der Waals surface area contributed by atoms with Crippen LogP contribution in [0.3, 0.4) is 0 Å². The van der Waals surface area contributed by atoms with E-state index in [0.717, 1.165) is 11.3 Å². The highest BCUT2D eigenvalue weighted by Crippen LogP contribution is 2.21. The molecule has 110 valence electrons. The smallest absolute Gasteiger partial charge is 0.346 e. The SMILES string of the molecule is CC1CN(C(=O)COc2csc(C(=O)O)c2)CC(C)O1. The fraction of sp³-hybridized carbons (Fsp3) is 0.538. The second-order valence-corrected chi connectivity index (χ2v) is 5.71. The van der Waals surface area contributed by atoms with Crippen LogP contribution < -0.4 is 4.74 Å². The summed E-state index contributed by atoms with van der Waals surface area (Å²) in [6.07, 6.45) is 0.0323. The number of aromatic carboxylic acids is 1. The van der Waals surface area contributed by atoms with Crippen molar-refractivity contribution < 1.29 is 24.2 Å². The van der Waals surface area contributed by atoms with Crippen molar-refractivity contribution in [3.8, 4) is 5.75 Å². The number of rotatable bonds is 4. The van der Waals surface area contributed by atoms with E-state index in [9.17, 15) is 9.59 Å². The van der Waals surface area contributed by atoms with Gasteiger partial charge in [-0.1, -0.05) is 0 Å². The zero-order valence-corrected chi connectivity index (χ0v) is 12.2. The van der Waals surface area contributed by atoms with Crippen molar-refractivity contribution in [2.24, 2.45) is 0 Å². The van der Waals surface area contributed by atoms with Crippen LogP contribution in [0.2, 0.25) is 0 Å². The van der Waals surface area contributed by atoms with Crippen molar-refractivity contribution in [1.82, 2.24) is 4.90 Å². The molecule has 1 N–H and O–H groups in total. The van der Waals surface area contributed by atoms with Gasteiger partial charge in [-0.3, -0.25) is 4.79 Å². The van der Waals surface area contributed by atoms with Crippen LogP contribution in [0.5, 0.6) is 5.75 Å². The molecule has 2 atom stereocenters. The summed E-state index contributed by atoms with van der Waals surface area (Å²) in [6.45, 7) is 4.87. The summed E-state index contributed by atoms with van der Waals surface area (Å²) < 4.78 is 10.9. The fourth-order valence-electron chi connectivity index (χ4n) is 2.12. The van der Waals surface area contributed by atoms with Gasteiger partial charge in [0, 0.05) is 24.5 Å². The summed E-state index contributed by atoms with van der Waals surface area (Å²) in [5, 5.41) is 10.4. The zero-order valence-electron chi connectivity index (χ0n) is 11.4. The molecule has 1 amide bonds. The lowest BCUT2D eigenvalue weighted by Gasteiger charge is -2.35. The van der Waals surface area contributed by atoms with Gasteiger partial charge >= 0.3 is 5.97 Å². The molecule has 1 saturated heterocycles. The summed E-state index contributed by atoms with van der Waals surface area (Å²) in [5.74, 6) is -0.697. The molecule has 0 aliphatic carbocycles. The maximum absolute atomic E-state index is 12.0. The van der Waals surface area contributed by atoms with Gasteiger partial charge < -0.3 is 19.5 Å². The Morgan fingerprint density at radius 2 is 2.10 bits per heavy atom. The van der Waals surface area contributed by atoms with Crippen LogP contribution in [0.15, 0.2) is 11.4 Å². The Morgan fingerprint density at radius 1 is 1.45 bits per heavy atom. The Bertz CT molecular complexity index is 491. The third-order valence-electron chi connectivity index (χ3n) is 2.92. The van der Waals surface area contributed by atoms with Crippen molar-refractivity contribution >= 4 is 23.2 Å². The van der Waals surface area contributed by atoms with Gasteiger partial charge in [0.05, 0.1) is 12.2 Å². The van der Waals surface area contributed by atoms with Crippen molar-refractivity contribution in [2.75, 3.05) is 19.7 Å². The molecule has 1 aliphatic heterocycles. The molecule has 1 aromatic heterocycles. The Labute approximate surface area is 120 Å². The zero-order chi connectivity index (χ0) is 14.7. The fourth-order valence-corrected chi connectivity index (χ4v) is 2.79. The number of hydrogen-bond donors (Lipinski definition) is 1. The standard InChI is InChI=1S/C13H17NO5S/c1-8-4-14(5-9(2)19-8)12(15)6-18-10-3-11(13(16)17)20-7-10/h3,7-9H,4-6H2,1-2H3,(H,16,17). The Kier molecular flexibility index (Phi) is 4.61. The van der Waals surface area contributed by atoms with Crippen LogP contribution >= 0.6 is 11.3 Å². The average Bonchev–Trinajstić information content (AvgIpc) is 2.83. The number of morpholine rings is 1. The number of thiophene rings is 1. The van der Waals surface area contributed by atoms with Crippen LogP contribution in [0, 0.1) is 0 Å². The predicted molar refractivity (Wildman–Crippen MR) is 73.4 cm³/mol. The number of carbonyl (C=O) groups is 2. The van der Waals surface area contributed by atoms with Gasteiger partial charge in [-0.25, -0.2) is 4.79 Å². The first kappa shape index (κ1) is 14.8. The van der Waals surface area contributed by atoms with Crippen molar-refractivity contribution in [3.63, 3.8) is 0 Å². The maximum Gasteiger partial charge on any atom is 0.346 e. The molecule has 0 spiro atoms. The molecule has 1 aliphatic rings. The van der Waals surface area contributed by atoms with Crippen LogP contribution in [-0.4, -0.2) is 53.8 Å². The van der Waals surface area contributed by atoms with E-state index in [-0.39, 0.29) is 29.6 Å². The molecule has 20 heavy (non-hydrogen) atoms. The highest BCUT2D eigenvalue weighted by molar-refractivity contribution is 7.12. The van der Waals surface area contributed by atoms with E-state index >= 15 is 0 Å². The van der Waals surface area contributed by atoms with Gasteiger partial charge in [0.1, 0.15) is 10.6 Å². The van der Waals surface area contributed by atoms with Gasteiger partial charge in [-0.05, 0) is 13.8 Å². The number of carboxylic acids is 1. The summed E-state index contributed by atoms with van der Waals surface area (Å²) >= 11 is 1.08. The number of carbonyl (C=O) groups excluding carboxylic acids is 1. The lowest BCUT2D eigenvalue weighted by atomic mass is 10.2. The largest absolute Gasteiger partial charge is 0.483 e. The molecule has 0 aromatic carbocycles. The molecule has 2 unspecified atom stereocenters. The summed E-state index contributed by atoms with van der Waals surface area (Å²) in [4.78, 5) is 24.7. The number of hydrogen-bond acceptors (Lipinski definition) is 5. The third kappa shape index (κ3) is 3.71. The summed E-state index contributed by atoms with van der Waals surface area (Å²) in [6, 6.07) is 1.42. The normalized spacial score (nSPS) is 22.6. The third-order valence-corrected chi connectivity index (χ3v) is 3.82. The second kappa shape index (κ2) is 6.23. The lowest BCUT2D eigenvalue weighted by Crippen LogP contribution is -2.49. The first-order valence-electron chi connectivity index (χ1n) is 6.33. The van der Waals surface area contributed by atoms with E-state index in [0.29, 0.717) is 18.8 Å². The Morgan fingerprint density at radius 3 is 2.65 bits per heavy atom. The molecule has 1 aromatic rings. The topological polar surface area (TPSA) is 76.1 Å². The van der Waals surface area contributed by atoms with E-state index in [1.807, 2.05) is 13.8 Å². The van der Waals surface area contributed by atoms with Crippen LogP contribution in [0.25, 0.3) is 0 Å². The molecule has 1 fully saturated rings. The summed E-state index contributed by atoms with van der Waals surface area (Å²) in [5.41, 5.74) is 0. The van der Waals surface area contributed by atoms with Gasteiger partial charge in [0.2, 0.25) is 0 Å². The van der Waals surface area contributed by atoms with Crippen LogP contribution in [-0.2, 0) is 9.53 Å². The van der Waals surface area contributed by atoms with Crippen molar-refractivity contribution in [3.05, 3.63) is 16.3 Å². The molecule has 6 nitrogen and oxygen atoms in total. The van der Waals surface area contributed by atoms with E-state index in [4.69, 9.17) is 14.6 Å². The second-order valence-electron chi connectivity index (χ2n) is 4.80. The lowest BCUT2D eigenvalue weighted by molar-refractivity contribution is -0.145. The predicted octanol–water partition coefficient (Wildman–Crippen LogP) is 1.46. The molecule has 0 bridgehead atoms. The Balaban J connectivity index is 1.86. The van der Waals surface area contributed by atoms with E-state index in [2.05, 4.69) is 0 Å². The van der Waals surface area contributed by atoms with Crippen molar-refractivity contribution in [2.45, 2.75) is 26.1 Å². The number of ether oxygens (including phenoxy) is 2. The van der Waals surface area contributed by atoms with E-state index in [1.54, 1.807) is 10.3 Å². The summed E-state index contributed by atoms with van der Waals surface area (Å²) in [7, 11) is 0. The maximum atomic E-state index is 12.0. The number of amides is 1. The molecule has 0 radical (unpaired) electrons. The minimum absolute atomic E-state index is 0.0162. The van der Waals surface area contributed by atoms with Crippen LogP contribution in [0.1, 0.15) is 23.5 Å². The number of carboxylic acid groups (broad SMARTS) is 1. The first-order chi connectivity index (χ1) is 9.45. The van der Waals surface area contributed by atoms with Gasteiger partial charge in [0.15, 0.2) is 6.61 Å². The molecular formula is C13H17NO5S. The molecule has 2 heterocycles. The van der Waals surface area contributed by atoms with E-state index in [1.165, 1.54) is 6.07 Å². The molecule has 2 rings (SSSR count). The minimum atomic E-state index is -0.994. The minimum Gasteiger partial charge on any atom is -0.483 e. The molecule has 0 saturated carbocycles. The average molecular weight is 299 g/mol. The monoisotopic (exact) mass is 299 g/mol. The molecular weight excluding hydrogens is 282 g/mol. The Hall–Kier alpha value is -1.60.